The maximum absolute atomic E-state index is 13.3. The summed E-state index contributed by atoms with van der Waals surface area (Å²) in [4.78, 5) is 32.1. The summed E-state index contributed by atoms with van der Waals surface area (Å²) in [5, 5.41) is 3.42. The highest BCUT2D eigenvalue weighted by Gasteiger charge is 2.42. The van der Waals surface area contributed by atoms with E-state index in [-0.39, 0.29) is 29.7 Å². The van der Waals surface area contributed by atoms with Crippen molar-refractivity contribution < 1.29 is 19.1 Å². The van der Waals surface area contributed by atoms with Crippen molar-refractivity contribution in [2.45, 2.75) is 12.6 Å². The minimum Gasteiger partial charge on any atom is -0.493 e. The molecule has 2 amide bonds. The molecule has 1 fully saturated rings. The Morgan fingerprint density at radius 1 is 1.24 bits per heavy atom. The second-order valence-corrected chi connectivity index (χ2v) is 9.49. The number of thioether (sulfide) groups is 1. The topological polar surface area (TPSA) is 104 Å². The average Bonchev–Trinajstić information content (AvgIpc) is 3.32. The van der Waals surface area contributed by atoms with E-state index >= 15 is 0 Å². The van der Waals surface area contributed by atoms with E-state index in [1.54, 1.807) is 19.1 Å². The lowest BCUT2D eigenvalue weighted by molar-refractivity contribution is -0.121. The minimum absolute atomic E-state index is 0.0549. The van der Waals surface area contributed by atoms with Crippen LogP contribution < -0.4 is 30.5 Å². The van der Waals surface area contributed by atoms with Crippen LogP contribution in [0.2, 0.25) is 0 Å². The Morgan fingerprint density at radius 3 is 2.79 bits per heavy atom. The number of carbonyl (C=O) groups is 2. The molecule has 0 radical (unpaired) electrons. The maximum Gasteiger partial charge on any atom is 0.241 e. The molecule has 3 N–H and O–H groups in total. The molecule has 11 heteroatoms. The van der Waals surface area contributed by atoms with Gasteiger partial charge in [-0.2, -0.15) is 0 Å². The maximum atomic E-state index is 13.3. The van der Waals surface area contributed by atoms with Crippen LogP contribution in [-0.4, -0.2) is 56.2 Å². The van der Waals surface area contributed by atoms with Crippen molar-refractivity contribution in [1.82, 2.24) is 16.2 Å². The first kappa shape index (κ1) is 24.5. The van der Waals surface area contributed by atoms with Gasteiger partial charge in [0.2, 0.25) is 11.8 Å². The van der Waals surface area contributed by atoms with Gasteiger partial charge in [-0.1, -0.05) is 30.0 Å². The Hall–Kier alpha value is -2.60. The van der Waals surface area contributed by atoms with E-state index in [9.17, 15) is 9.59 Å². The predicted molar refractivity (Wildman–Crippen MR) is 136 cm³/mol. The monoisotopic (exact) mass is 547 g/mol. The van der Waals surface area contributed by atoms with Crippen molar-refractivity contribution in [2.24, 2.45) is 10.9 Å². The fourth-order valence-electron chi connectivity index (χ4n) is 3.79. The number of nitrogens with one attached hydrogen (secondary N) is 3. The average molecular weight is 548 g/mol. The molecule has 2 unspecified atom stereocenters. The van der Waals surface area contributed by atoms with E-state index < -0.39 is 0 Å². The number of rotatable bonds is 8. The van der Waals surface area contributed by atoms with Gasteiger partial charge in [0.1, 0.15) is 6.17 Å². The largest absolute Gasteiger partial charge is 0.493 e. The number of halogens is 1. The number of hydrogen-bond donors (Lipinski definition) is 3. The van der Waals surface area contributed by atoms with Crippen molar-refractivity contribution >= 4 is 50.4 Å². The molecule has 2 aliphatic heterocycles. The third-order valence-electron chi connectivity index (χ3n) is 5.54. The molecule has 0 saturated carbocycles. The van der Waals surface area contributed by atoms with Crippen LogP contribution in [0.25, 0.3) is 0 Å². The minimum atomic E-state index is -0.346. The molecule has 2 aromatic rings. The molecule has 0 bridgehead atoms. The normalized spacial score (nSPS) is 19.4. The number of para-hydroxylation sites is 1. The lowest BCUT2D eigenvalue weighted by Crippen LogP contribution is -2.49. The first-order chi connectivity index (χ1) is 16.5. The molecular weight excluding hydrogens is 522 g/mol. The summed E-state index contributed by atoms with van der Waals surface area (Å²) < 4.78 is 11.4. The van der Waals surface area contributed by atoms with Gasteiger partial charge in [0.25, 0.3) is 0 Å². The van der Waals surface area contributed by atoms with Crippen LogP contribution in [0.5, 0.6) is 11.5 Å². The molecule has 1 saturated heterocycles. The Kier molecular flexibility index (Phi) is 8.09. The van der Waals surface area contributed by atoms with Gasteiger partial charge in [-0.3, -0.25) is 19.9 Å². The first-order valence-corrected chi connectivity index (χ1v) is 12.5. The number of aliphatic imine (C=N–C) groups is 1. The van der Waals surface area contributed by atoms with Crippen LogP contribution in [0.4, 0.5) is 5.69 Å². The number of methoxy groups -OCH3 is 2. The van der Waals surface area contributed by atoms with Crippen LogP contribution in [0, 0.1) is 5.92 Å². The van der Waals surface area contributed by atoms with E-state index in [2.05, 4.69) is 32.1 Å². The van der Waals surface area contributed by atoms with Crippen molar-refractivity contribution in [2.75, 3.05) is 38.0 Å². The van der Waals surface area contributed by atoms with Gasteiger partial charge in [-0.05, 0) is 52.2 Å². The van der Waals surface area contributed by atoms with Gasteiger partial charge in [-0.25, -0.2) is 10.4 Å². The third-order valence-corrected chi connectivity index (χ3v) is 7.16. The van der Waals surface area contributed by atoms with Gasteiger partial charge in [-0.15, -0.1) is 0 Å². The number of amides is 2. The van der Waals surface area contributed by atoms with E-state index in [0.29, 0.717) is 41.9 Å². The molecule has 0 aliphatic carbocycles. The molecule has 180 valence electrons. The lowest BCUT2D eigenvalue weighted by Gasteiger charge is -2.32. The highest BCUT2D eigenvalue weighted by Crippen LogP contribution is 2.33. The van der Waals surface area contributed by atoms with Crippen molar-refractivity contribution in [3.05, 3.63) is 52.5 Å². The molecule has 2 atom stereocenters. The van der Waals surface area contributed by atoms with Crippen molar-refractivity contribution in [1.29, 1.82) is 0 Å². The summed E-state index contributed by atoms with van der Waals surface area (Å²) in [5.41, 5.74) is 7.77. The summed E-state index contributed by atoms with van der Waals surface area (Å²) in [6, 6.07) is 13.2. The number of amidine groups is 1. The third kappa shape index (κ3) is 5.38. The lowest BCUT2D eigenvalue weighted by atomic mass is 10.0. The van der Waals surface area contributed by atoms with E-state index in [4.69, 9.17) is 14.5 Å². The Bertz CT molecular complexity index is 1100. The number of carbonyl (C=O) groups excluding carboxylic acids is 2. The molecule has 0 spiro atoms. The molecule has 0 aromatic heterocycles. The summed E-state index contributed by atoms with van der Waals surface area (Å²) in [6.07, 6.45) is 0.306. The van der Waals surface area contributed by atoms with Crippen LogP contribution in [0.1, 0.15) is 5.56 Å². The summed E-state index contributed by atoms with van der Waals surface area (Å²) in [7, 11) is 3.19. The number of nitrogens with zero attached hydrogens (tertiary/aromatic N) is 2. The summed E-state index contributed by atoms with van der Waals surface area (Å²) in [5.74, 6) is 0.976. The highest BCUT2D eigenvalue weighted by atomic mass is 79.9. The Balaban J connectivity index is 1.37. The zero-order valence-corrected chi connectivity index (χ0v) is 21.2. The summed E-state index contributed by atoms with van der Waals surface area (Å²) >= 11 is 4.77. The van der Waals surface area contributed by atoms with Crippen LogP contribution >= 0.6 is 27.7 Å². The number of hydrogen-bond acceptors (Lipinski definition) is 8. The standard InChI is InChI=1S/C23H26BrN5O4S/c1-32-18-8-7-14(11-19(18)33-2)9-10-25-20(30)13-34-23-27-21-15(12-26-28-21)22(31)29(23)17-6-4-3-5-16(17)24/h3-8,11,15,21,26,28H,9-10,12-13H2,1-2H3,(H,25,30). The van der Waals surface area contributed by atoms with Gasteiger partial charge >= 0.3 is 0 Å². The van der Waals surface area contributed by atoms with E-state index in [1.807, 2.05) is 42.5 Å². The van der Waals surface area contributed by atoms with E-state index in [0.717, 1.165) is 10.0 Å². The fraction of sp³-hybridized carbons (Fsp3) is 0.348. The molecule has 9 nitrogen and oxygen atoms in total. The summed E-state index contributed by atoms with van der Waals surface area (Å²) in [6.45, 7) is 0.979. The molecule has 2 aliphatic rings. The number of hydrazine groups is 1. The number of fused-ring (bicyclic) bond motifs is 1. The number of anilines is 1. The highest BCUT2D eigenvalue weighted by molar-refractivity contribution is 9.10. The number of benzene rings is 2. The second kappa shape index (κ2) is 11.2. The van der Waals surface area contributed by atoms with Crippen molar-refractivity contribution in [3.63, 3.8) is 0 Å². The van der Waals surface area contributed by atoms with Crippen LogP contribution in [0.15, 0.2) is 51.9 Å². The SMILES string of the molecule is COc1ccc(CCNC(=O)CSC2=NC3NNCC3C(=O)N2c2ccccc2Br)cc1OC. The second-order valence-electron chi connectivity index (χ2n) is 7.69. The Morgan fingerprint density at radius 2 is 2.03 bits per heavy atom. The molecule has 2 aromatic carbocycles. The number of ether oxygens (including phenoxy) is 2. The molecule has 2 heterocycles. The van der Waals surface area contributed by atoms with Crippen molar-refractivity contribution in [3.8, 4) is 11.5 Å². The van der Waals surface area contributed by atoms with Gasteiger partial charge in [0, 0.05) is 17.6 Å². The van der Waals surface area contributed by atoms with Gasteiger partial charge in [0.05, 0.1) is 31.6 Å². The Labute approximate surface area is 210 Å². The predicted octanol–water partition coefficient (Wildman–Crippen LogP) is 2.31. The zero-order valence-electron chi connectivity index (χ0n) is 18.8. The van der Waals surface area contributed by atoms with E-state index in [1.165, 1.54) is 11.8 Å². The fourth-order valence-corrected chi connectivity index (χ4v) is 5.12. The first-order valence-electron chi connectivity index (χ1n) is 10.8. The van der Waals surface area contributed by atoms with Gasteiger partial charge in [0.15, 0.2) is 16.7 Å². The zero-order chi connectivity index (χ0) is 24.1. The molecule has 4 rings (SSSR count). The molecule has 34 heavy (non-hydrogen) atoms. The quantitative estimate of drug-likeness (QED) is 0.465. The molecular formula is C23H26BrN5O4S. The van der Waals surface area contributed by atoms with Crippen LogP contribution in [0.3, 0.4) is 0 Å². The smallest absolute Gasteiger partial charge is 0.241 e. The van der Waals surface area contributed by atoms with Gasteiger partial charge < -0.3 is 14.8 Å². The van der Waals surface area contributed by atoms with Crippen LogP contribution in [-0.2, 0) is 16.0 Å².